The van der Waals surface area contributed by atoms with Crippen LogP contribution in [0.4, 0.5) is 0 Å². The SMILES string of the molecule is CC(C)N1C(C)c2[nH]cnc2C1CC(=O)O. The minimum atomic E-state index is -0.779. The van der Waals surface area contributed by atoms with Crippen molar-refractivity contribution >= 4 is 5.97 Å². The summed E-state index contributed by atoms with van der Waals surface area (Å²) in [6.07, 6.45) is 1.76. The van der Waals surface area contributed by atoms with E-state index in [4.69, 9.17) is 5.11 Å². The van der Waals surface area contributed by atoms with Gasteiger partial charge in [0.15, 0.2) is 0 Å². The van der Waals surface area contributed by atoms with Gasteiger partial charge < -0.3 is 10.1 Å². The highest BCUT2D eigenvalue weighted by atomic mass is 16.4. The van der Waals surface area contributed by atoms with E-state index in [0.29, 0.717) is 6.04 Å². The fourth-order valence-corrected chi connectivity index (χ4v) is 2.65. The zero-order valence-electron chi connectivity index (χ0n) is 9.77. The predicted molar refractivity (Wildman–Crippen MR) is 59.0 cm³/mol. The van der Waals surface area contributed by atoms with Crippen molar-refractivity contribution in [2.24, 2.45) is 0 Å². The molecule has 88 valence electrons. The quantitative estimate of drug-likeness (QED) is 0.818. The van der Waals surface area contributed by atoms with Crippen molar-refractivity contribution < 1.29 is 9.90 Å². The maximum atomic E-state index is 10.9. The van der Waals surface area contributed by atoms with Crippen molar-refractivity contribution in [3.05, 3.63) is 17.7 Å². The molecule has 0 amide bonds. The van der Waals surface area contributed by atoms with E-state index in [0.717, 1.165) is 11.4 Å². The molecule has 16 heavy (non-hydrogen) atoms. The molecule has 2 rings (SSSR count). The second-order valence-electron chi connectivity index (χ2n) is 4.53. The lowest BCUT2D eigenvalue weighted by Gasteiger charge is -2.31. The Kier molecular flexibility index (Phi) is 2.71. The summed E-state index contributed by atoms with van der Waals surface area (Å²) in [6.45, 7) is 6.24. The van der Waals surface area contributed by atoms with E-state index in [-0.39, 0.29) is 18.5 Å². The van der Waals surface area contributed by atoms with E-state index in [9.17, 15) is 4.79 Å². The van der Waals surface area contributed by atoms with Crippen LogP contribution in [-0.2, 0) is 4.79 Å². The average Bonchev–Trinajstić information content (AvgIpc) is 2.69. The van der Waals surface area contributed by atoms with Crippen LogP contribution in [0.3, 0.4) is 0 Å². The Morgan fingerprint density at radius 3 is 2.94 bits per heavy atom. The normalized spacial score (nSPS) is 25.0. The number of imidazole rings is 1. The van der Waals surface area contributed by atoms with E-state index < -0.39 is 5.97 Å². The number of aliphatic carboxylic acids is 1. The zero-order chi connectivity index (χ0) is 11.9. The Hall–Kier alpha value is -1.36. The number of H-pyrrole nitrogens is 1. The van der Waals surface area contributed by atoms with Gasteiger partial charge in [-0.15, -0.1) is 0 Å². The number of carboxylic acid groups (broad SMARTS) is 1. The van der Waals surface area contributed by atoms with Crippen LogP contribution in [0.1, 0.15) is 50.7 Å². The third kappa shape index (κ3) is 1.61. The van der Waals surface area contributed by atoms with Gasteiger partial charge in [-0.05, 0) is 20.8 Å². The van der Waals surface area contributed by atoms with Gasteiger partial charge in [-0.25, -0.2) is 4.98 Å². The number of hydrogen-bond donors (Lipinski definition) is 2. The Bertz CT molecular complexity index is 400. The number of nitrogens with one attached hydrogen (secondary N) is 1. The number of carbonyl (C=O) groups is 1. The topological polar surface area (TPSA) is 69.2 Å². The third-order valence-electron chi connectivity index (χ3n) is 3.20. The van der Waals surface area contributed by atoms with Gasteiger partial charge in [0.05, 0.1) is 30.2 Å². The average molecular weight is 223 g/mol. The first kappa shape index (κ1) is 11.1. The van der Waals surface area contributed by atoms with E-state index in [1.807, 2.05) is 0 Å². The molecule has 0 radical (unpaired) electrons. The first-order chi connectivity index (χ1) is 7.52. The maximum absolute atomic E-state index is 10.9. The van der Waals surface area contributed by atoms with E-state index in [1.54, 1.807) is 6.33 Å². The molecule has 5 nitrogen and oxygen atoms in total. The van der Waals surface area contributed by atoms with Crippen LogP contribution in [0, 0.1) is 0 Å². The molecule has 2 heterocycles. The summed E-state index contributed by atoms with van der Waals surface area (Å²) in [6, 6.07) is 0.414. The molecular formula is C11H17N3O2. The number of fused-ring (bicyclic) bond motifs is 1. The first-order valence-electron chi connectivity index (χ1n) is 5.54. The van der Waals surface area contributed by atoms with Crippen LogP contribution in [-0.4, -0.2) is 32.0 Å². The first-order valence-corrected chi connectivity index (χ1v) is 5.54. The summed E-state index contributed by atoms with van der Waals surface area (Å²) in [5.41, 5.74) is 1.95. The van der Waals surface area contributed by atoms with Gasteiger partial charge in [-0.2, -0.15) is 0 Å². The molecule has 0 spiro atoms. The number of hydrogen-bond acceptors (Lipinski definition) is 3. The summed E-state index contributed by atoms with van der Waals surface area (Å²) < 4.78 is 0. The predicted octanol–water partition coefficient (Wildman–Crippen LogP) is 1.71. The number of aromatic amines is 1. The Morgan fingerprint density at radius 1 is 1.69 bits per heavy atom. The lowest BCUT2D eigenvalue weighted by Crippen LogP contribution is -2.33. The highest BCUT2D eigenvalue weighted by Crippen LogP contribution is 2.42. The number of nitrogens with zero attached hydrogens (tertiary/aromatic N) is 2. The molecule has 0 aromatic carbocycles. The summed E-state index contributed by atoms with van der Waals surface area (Å²) in [7, 11) is 0. The van der Waals surface area contributed by atoms with Gasteiger partial charge in [0.25, 0.3) is 0 Å². The molecule has 1 aromatic heterocycles. The summed E-state index contributed by atoms with van der Waals surface area (Å²) in [5.74, 6) is -0.779. The van der Waals surface area contributed by atoms with Crippen molar-refractivity contribution in [2.45, 2.75) is 45.3 Å². The van der Waals surface area contributed by atoms with Crippen LogP contribution in [0.5, 0.6) is 0 Å². The van der Waals surface area contributed by atoms with Crippen LogP contribution in [0.15, 0.2) is 6.33 Å². The van der Waals surface area contributed by atoms with Crippen LogP contribution >= 0.6 is 0 Å². The van der Waals surface area contributed by atoms with Gasteiger partial charge in [0.2, 0.25) is 0 Å². The number of aromatic nitrogens is 2. The largest absolute Gasteiger partial charge is 0.481 e. The molecule has 0 saturated heterocycles. The molecule has 1 aromatic rings. The highest BCUT2D eigenvalue weighted by Gasteiger charge is 2.40. The summed E-state index contributed by atoms with van der Waals surface area (Å²) in [5, 5.41) is 8.96. The number of carboxylic acids is 1. The second-order valence-corrected chi connectivity index (χ2v) is 4.53. The van der Waals surface area contributed by atoms with Crippen molar-refractivity contribution in [1.29, 1.82) is 0 Å². The fraction of sp³-hybridized carbons (Fsp3) is 0.636. The smallest absolute Gasteiger partial charge is 0.305 e. The fourth-order valence-electron chi connectivity index (χ4n) is 2.65. The molecule has 0 aliphatic carbocycles. The van der Waals surface area contributed by atoms with E-state index >= 15 is 0 Å². The Morgan fingerprint density at radius 2 is 2.38 bits per heavy atom. The Labute approximate surface area is 94.5 Å². The molecule has 0 saturated carbocycles. The standard InChI is InChI=1S/C11H17N3O2/c1-6(2)14-7(3)10-11(13-5-12-10)8(14)4-9(15)16/h5-8H,4H2,1-3H3,(H,12,13)(H,15,16). The molecule has 1 aliphatic heterocycles. The van der Waals surface area contributed by atoms with E-state index in [1.165, 1.54) is 0 Å². The molecule has 2 N–H and O–H groups in total. The van der Waals surface area contributed by atoms with Gasteiger partial charge in [-0.1, -0.05) is 0 Å². The second kappa shape index (κ2) is 3.90. The monoisotopic (exact) mass is 223 g/mol. The van der Waals surface area contributed by atoms with Crippen molar-refractivity contribution in [3.63, 3.8) is 0 Å². The molecular weight excluding hydrogens is 206 g/mol. The van der Waals surface area contributed by atoms with Crippen molar-refractivity contribution in [1.82, 2.24) is 14.9 Å². The molecule has 5 heteroatoms. The summed E-state index contributed by atoms with van der Waals surface area (Å²) in [4.78, 5) is 20.5. The van der Waals surface area contributed by atoms with Crippen LogP contribution in [0.25, 0.3) is 0 Å². The van der Waals surface area contributed by atoms with Crippen molar-refractivity contribution in [2.75, 3.05) is 0 Å². The molecule has 2 unspecified atom stereocenters. The minimum Gasteiger partial charge on any atom is -0.481 e. The van der Waals surface area contributed by atoms with Crippen LogP contribution < -0.4 is 0 Å². The third-order valence-corrected chi connectivity index (χ3v) is 3.20. The minimum absolute atomic E-state index is 0.103. The maximum Gasteiger partial charge on any atom is 0.305 e. The highest BCUT2D eigenvalue weighted by molar-refractivity contribution is 5.68. The van der Waals surface area contributed by atoms with Gasteiger partial charge in [0.1, 0.15) is 0 Å². The molecule has 2 atom stereocenters. The molecule has 0 bridgehead atoms. The zero-order valence-corrected chi connectivity index (χ0v) is 9.77. The van der Waals surface area contributed by atoms with Crippen molar-refractivity contribution in [3.8, 4) is 0 Å². The van der Waals surface area contributed by atoms with Gasteiger partial charge in [0, 0.05) is 12.1 Å². The molecule has 1 aliphatic rings. The number of rotatable bonds is 3. The van der Waals surface area contributed by atoms with Gasteiger partial charge >= 0.3 is 5.97 Å². The van der Waals surface area contributed by atoms with Gasteiger partial charge in [-0.3, -0.25) is 9.69 Å². The summed E-state index contributed by atoms with van der Waals surface area (Å²) >= 11 is 0. The van der Waals surface area contributed by atoms with E-state index in [2.05, 4.69) is 35.6 Å². The lowest BCUT2D eigenvalue weighted by molar-refractivity contribution is -0.138. The lowest BCUT2D eigenvalue weighted by atomic mass is 10.1. The van der Waals surface area contributed by atoms with Crippen LogP contribution in [0.2, 0.25) is 0 Å². The Balaban J connectivity index is 2.35. The molecule has 0 fully saturated rings.